The maximum absolute atomic E-state index is 4.77. The Labute approximate surface area is 149 Å². The van der Waals surface area contributed by atoms with Gasteiger partial charge in [0.15, 0.2) is 0 Å². The minimum absolute atomic E-state index is 0.589. The molecule has 0 aliphatic heterocycles. The summed E-state index contributed by atoms with van der Waals surface area (Å²) in [5.74, 6) is 0.589. The van der Waals surface area contributed by atoms with E-state index in [0.717, 1.165) is 27.4 Å². The van der Waals surface area contributed by atoms with Crippen molar-refractivity contribution in [2.75, 3.05) is 19.0 Å². The smallest absolute Gasteiger partial charge is 0.204 e. The first kappa shape index (κ1) is 15.5. The van der Waals surface area contributed by atoms with E-state index in [0.29, 0.717) is 5.82 Å². The number of aromatic amines is 1. The Morgan fingerprint density at radius 1 is 0.880 bits per heavy atom. The van der Waals surface area contributed by atoms with Gasteiger partial charge in [-0.05, 0) is 29.5 Å². The van der Waals surface area contributed by atoms with Gasteiger partial charge in [0.1, 0.15) is 5.01 Å². The number of hydrogen-bond donors (Lipinski definition) is 1. The summed E-state index contributed by atoms with van der Waals surface area (Å²) in [6, 6.07) is 16.4. The molecule has 0 aliphatic rings. The highest BCUT2D eigenvalue weighted by molar-refractivity contribution is 7.13. The first-order chi connectivity index (χ1) is 12.2. The van der Waals surface area contributed by atoms with Gasteiger partial charge in [0.25, 0.3) is 0 Å². The molecule has 0 fully saturated rings. The van der Waals surface area contributed by atoms with Crippen molar-refractivity contribution in [2.45, 2.75) is 0 Å². The lowest BCUT2D eigenvalue weighted by Gasteiger charge is -2.11. The van der Waals surface area contributed by atoms with Crippen molar-refractivity contribution >= 4 is 17.0 Å². The summed E-state index contributed by atoms with van der Waals surface area (Å²) in [6.07, 6.45) is 0. The Kier molecular flexibility index (Phi) is 3.99. The Hall–Kier alpha value is -3.06. The molecule has 0 atom stereocenters. The van der Waals surface area contributed by atoms with Crippen molar-refractivity contribution in [2.24, 2.45) is 0 Å². The second kappa shape index (κ2) is 6.45. The predicted octanol–water partition coefficient (Wildman–Crippen LogP) is 3.72. The van der Waals surface area contributed by atoms with Crippen LogP contribution in [0, 0.1) is 0 Å². The second-order valence-electron chi connectivity index (χ2n) is 5.79. The van der Waals surface area contributed by atoms with Crippen LogP contribution < -0.4 is 4.90 Å². The first-order valence-electron chi connectivity index (χ1n) is 7.78. The molecule has 0 spiro atoms. The largest absolute Gasteiger partial charge is 0.378 e. The van der Waals surface area contributed by atoms with E-state index in [2.05, 4.69) is 55.2 Å². The minimum Gasteiger partial charge on any atom is -0.378 e. The van der Waals surface area contributed by atoms with Gasteiger partial charge in [0.2, 0.25) is 5.82 Å². The van der Waals surface area contributed by atoms with Crippen LogP contribution in [0.15, 0.2) is 53.9 Å². The molecule has 4 rings (SSSR count). The third kappa shape index (κ3) is 3.14. The lowest BCUT2D eigenvalue weighted by Crippen LogP contribution is -2.07. The molecule has 0 unspecified atom stereocenters. The summed E-state index contributed by atoms with van der Waals surface area (Å²) >= 11 is 1.65. The molecule has 0 saturated heterocycles. The normalized spacial score (nSPS) is 10.8. The lowest BCUT2D eigenvalue weighted by atomic mass is 10.1. The Morgan fingerprint density at radius 3 is 2.20 bits per heavy atom. The third-order valence-corrected chi connectivity index (χ3v) is 4.81. The van der Waals surface area contributed by atoms with E-state index < -0.39 is 0 Å². The number of thiazole rings is 1. The monoisotopic (exact) mass is 348 g/mol. The van der Waals surface area contributed by atoms with Crippen LogP contribution in [0.25, 0.3) is 33.2 Å². The number of aromatic nitrogens is 5. The summed E-state index contributed by atoms with van der Waals surface area (Å²) in [6.45, 7) is 0. The third-order valence-electron chi connectivity index (χ3n) is 3.92. The van der Waals surface area contributed by atoms with Gasteiger partial charge in [-0.25, -0.2) is 4.98 Å². The zero-order chi connectivity index (χ0) is 17.2. The predicted molar refractivity (Wildman–Crippen MR) is 100 cm³/mol. The molecule has 4 aromatic rings. The standard InChI is InChI=1S/C18H16N6S/c1-24(2)15-9-7-14(8-10-15)18-19-16(11-25-18)12-3-5-13(6-4-12)17-20-22-23-21-17/h3-11H,1-2H3,(H,20,21,22,23). The highest BCUT2D eigenvalue weighted by Gasteiger charge is 2.08. The van der Waals surface area contributed by atoms with Crippen molar-refractivity contribution in [1.29, 1.82) is 0 Å². The summed E-state index contributed by atoms with van der Waals surface area (Å²) in [7, 11) is 4.07. The second-order valence-corrected chi connectivity index (χ2v) is 6.65. The van der Waals surface area contributed by atoms with E-state index in [4.69, 9.17) is 4.98 Å². The van der Waals surface area contributed by atoms with Gasteiger partial charge in [-0.2, -0.15) is 5.21 Å². The molecule has 0 saturated carbocycles. The van der Waals surface area contributed by atoms with Crippen LogP contribution >= 0.6 is 11.3 Å². The van der Waals surface area contributed by atoms with Gasteiger partial charge in [0, 0.05) is 41.9 Å². The fourth-order valence-electron chi connectivity index (χ4n) is 2.52. The van der Waals surface area contributed by atoms with Crippen LogP contribution in [0.5, 0.6) is 0 Å². The Balaban J connectivity index is 1.58. The molecule has 0 aliphatic carbocycles. The highest BCUT2D eigenvalue weighted by atomic mass is 32.1. The topological polar surface area (TPSA) is 70.6 Å². The lowest BCUT2D eigenvalue weighted by molar-refractivity contribution is 0.881. The van der Waals surface area contributed by atoms with Crippen molar-refractivity contribution in [3.8, 4) is 33.2 Å². The maximum atomic E-state index is 4.77. The molecule has 2 aromatic carbocycles. The van der Waals surface area contributed by atoms with Gasteiger partial charge in [0.05, 0.1) is 5.69 Å². The molecular formula is C18H16N6S. The van der Waals surface area contributed by atoms with Gasteiger partial charge in [-0.1, -0.05) is 24.3 Å². The minimum atomic E-state index is 0.589. The molecule has 0 bridgehead atoms. The molecule has 2 heterocycles. The van der Waals surface area contributed by atoms with Gasteiger partial charge < -0.3 is 4.90 Å². The summed E-state index contributed by atoms with van der Waals surface area (Å²) in [5, 5.41) is 17.1. The van der Waals surface area contributed by atoms with E-state index in [1.807, 2.05) is 38.4 Å². The number of nitrogens with zero attached hydrogens (tertiary/aromatic N) is 5. The Bertz CT molecular complexity index is 956. The van der Waals surface area contributed by atoms with Gasteiger partial charge >= 0.3 is 0 Å². The molecule has 0 radical (unpaired) electrons. The van der Waals surface area contributed by atoms with Crippen LogP contribution in [-0.4, -0.2) is 39.7 Å². The number of benzene rings is 2. The molecule has 25 heavy (non-hydrogen) atoms. The molecule has 6 nitrogen and oxygen atoms in total. The van der Waals surface area contributed by atoms with Crippen molar-refractivity contribution in [3.05, 3.63) is 53.9 Å². The highest BCUT2D eigenvalue weighted by Crippen LogP contribution is 2.30. The first-order valence-corrected chi connectivity index (χ1v) is 8.66. The summed E-state index contributed by atoms with van der Waals surface area (Å²) < 4.78 is 0. The number of nitrogens with one attached hydrogen (secondary N) is 1. The summed E-state index contributed by atoms with van der Waals surface area (Å²) in [4.78, 5) is 6.86. The summed E-state index contributed by atoms with van der Waals surface area (Å²) in [5.41, 5.74) is 5.27. The fourth-order valence-corrected chi connectivity index (χ4v) is 3.35. The van der Waals surface area contributed by atoms with E-state index in [1.54, 1.807) is 11.3 Å². The molecule has 0 amide bonds. The number of tetrazole rings is 1. The van der Waals surface area contributed by atoms with Crippen LogP contribution in [0.2, 0.25) is 0 Å². The van der Waals surface area contributed by atoms with E-state index in [-0.39, 0.29) is 0 Å². The van der Waals surface area contributed by atoms with Crippen molar-refractivity contribution < 1.29 is 0 Å². The van der Waals surface area contributed by atoms with Crippen LogP contribution in [0.3, 0.4) is 0 Å². The van der Waals surface area contributed by atoms with Gasteiger partial charge in [-0.3, -0.25) is 0 Å². The average molecular weight is 348 g/mol. The Morgan fingerprint density at radius 2 is 1.56 bits per heavy atom. The molecule has 2 aromatic heterocycles. The number of anilines is 1. The van der Waals surface area contributed by atoms with E-state index in [9.17, 15) is 0 Å². The molecule has 124 valence electrons. The number of hydrogen-bond acceptors (Lipinski definition) is 6. The van der Waals surface area contributed by atoms with Crippen molar-refractivity contribution in [1.82, 2.24) is 25.6 Å². The molecule has 1 N–H and O–H groups in total. The van der Waals surface area contributed by atoms with Crippen LogP contribution in [0.4, 0.5) is 5.69 Å². The zero-order valence-corrected chi connectivity index (χ0v) is 14.7. The fraction of sp³-hybridized carbons (Fsp3) is 0.111. The van der Waals surface area contributed by atoms with Crippen LogP contribution in [0.1, 0.15) is 0 Å². The van der Waals surface area contributed by atoms with E-state index in [1.165, 1.54) is 5.69 Å². The number of H-pyrrole nitrogens is 1. The quantitative estimate of drug-likeness (QED) is 0.608. The SMILES string of the molecule is CN(C)c1ccc(-c2nc(-c3ccc(-c4nn[nH]n4)cc3)cs2)cc1. The van der Waals surface area contributed by atoms with E-state index >= 15 is 0 Å². The van der Waals surface area contributed by atoms with Crippen molar-refractivity contribution in [3.63, 3.8) is 0 Å². The van der Waals surface area contributed by atoms with Gasteiger partial charge in [-0.15, -0.1) is 21.5 Å². The maximum Gasteiger partial charge on any atom is 0.204 e. The average Bonchev–Trinajstić information content (AvgIpc) is 3.34. The molecule has 7 heteroatoms. The van der Waals surface area contributed by atoms with Crippen LogP contribution in [-0.2, 0) is 0 Å². The number of rotatable bonds is 4. The molecular weight excluding hydrogens is 332 g/mol. The zero-order valence-electron chi connectivity index (χ0n) is 13.8.